The van der Waals surface area contributed by atoms with E-state index >= 15 is 0 Å². The topological polar surface area (TPSA) is 114 Å². The van der Waals surface area contributed by atoms with Crippen molar-refractivity contribution in [2.45, 2.75) is 88.0 Å². The molecule has 0 saturated heterocycles. The van der Waals surface area contributed by atoms with Gasteiger partial charge in [-0.3, -0.25) is 4.84 Å². The third-order valence-electron chi connectivity index (χ3n) is 6.25. The van der Waals surface area contributed by atoms with Gasteiger partial charge in [0.25, 0.3) is 10.0 Å². The molecule has 10 heteroatoms. The second-order valence-electron chi connectivity index (χ2n) is 10.5. The molecule has 0 radical (unpaired) electrons. The van der Waals surface area contributed by atoms with Crippen molar-refractivity contribution in [2.75, 3.05) is 13.7 Å². The zero-order valence-corrected chi connectivity index (χ0v) is 23.4. The molecule has 2 N–H and O–H groups in total. The van der Waals surface area contributed by atoms with Crippen LogP contribution in [0.25, 0.3) is 0 Å². The van der Waals surface area contributed by atoms with Crippen molar-refractivity contribution < 1.29 is 32.6 Å². The second-order valence-corrected chi connectivity index (χ2v) is 12.4. The number of aliphatic hydroxyl groups excluding tert-OH is 1. The van der Waals surface area contributed by atoms with E-state index in [2.05, 4.69) is 5.32 Å². The number of carbonyl (C=O) groups excluding carboxylic acids is 1. The molecule has 9 nitrogen and oxygen atoms in total. The molecule has 0 aromatic heterocycles. The summed E-state index contributed by atoms with van der Waals surface area (Å²) in [6.07, 6.45) is 2.42. The number of nitrogens with one attached hydrogen (secondary N) is 1. The van der Waals surface area contributed by atoms with E-state index in [9.17, 15) is 18.3 Å². The van der Waals surface area contributed by atoms with E-state index in [1.807, 2.05) is 30.3 Å². The van der Waals surface area contributed by atoms with E-state index < -0.39 is 33.9 Å². The molecule has 1 amide bonds. The van der Waals surface area contributed by atoms with E-state index in [4.69, 9.17) is 14.3 Å². The third-order valence-corrected chi connectivity index (χ3v) is 7.88. The summed E-state index contributed by atoms with van der Waals surface area (Å²) in [6, 6.07) is 14.5. The largest absolute Gasteiger partial charge is 0.497 e. The number of rotatable bonds is 11. The van der Waals surface area contributed by atoms with E-state index in [1.165, 1.54) is 19.2 Å². The molecule has 3 rings (SSSR count). The van der Waals surface area contributed by atoms with Crippen LogP contribution in [0.5, 0.6) is 5.75 Å². The average Bonchev–Trinajstić information content (AvgIpc) is 2.88. The number of carbonyl (C=O) groups is 1. The van der Waals surface area contributed by atoms with Crippen molar-refractivity contribution in [1.29, 1.82) is 0 Å². The molecule has 2 aromatic carbocycles. The Hall–Kier alpha value is -2.66. The Morgan fingerprint density at radius 1 is 1.05 bits per heavy atom. The molecule has 0 unspecified atom stereocenters. The molecule has 2 aromatic rings. The number of hydroxylamine groups is 1. The van der Waals surface area contributed by atoms with Gasteiger partial charge in [-0.25, -0.2) is 13.2 Å². The molecule has 1 aliphatic rings. The highest BCUT2D eigenvalue weighted by atomic mass is 32.2. The van der Waals surface area contributed by atoms with Crippen LogP contribution in [0.3, 0.4) is 0 Å². The zero-order chi connectivity index (χ0) is 27.8. The number of hydrogen-bond acceptors (Lipinski definition) is 7. The number of nitrogens with zero attached hydrogens (tertiary/aromatic N) is 1. The first-order valence-electron chi connectivity index (χ1n) is 13.0. The van der Waals surface area contributed by atoms with Crippen LogP contribution in [0.4, 0.5) is 4.79 Å². The Morgan fingerprint density at radius 3 is 2.26 bits per heavy atom. The van der Waals surface area contributed by atoms with Gasteiger partial charge < -0.3 is 19.9 Å². The lowest BCUT2D eigenvalue weighted by Crippen LogP contribution is -2.52. The van der Waals surface area contributed by atoms with Crippen LogP contribution >= 0.6 is 0 Å². The Morgan fingerprint density at radius 2 is 1.68 bits per heavy atom. The van der Waals surface area contributed by atoms with Crippen LogP contribution in [0.2, 0.25) is 0 Å². The molecule has 0 heterocycles. The highest BCUT2D eigenvalue weighted by molar-refractivity contribution is 7.89. The Balaban J connectivity index is 1.87. The molecule has 1 aliphatic carbocycles. The fourth-order valence-corrected chi connectivity index (χ4v) is 5.59. The van der Waals surface area contributed by atoms with Gasteiger partial charge in [0.2, 0.25) is 0 Å². The smallest absolute Gasteiger partial charge is 0.407 e. The second kappa shape index (κ2) is 13.4. The Kier molecular flexibility index (Phi) is 10.6. The Bertz CT molecular complexity index is 1110. The maximum atomic E-state index is 13.7. The minimum absolute atomic E-state index is 0.0148. The summed E-state index contributed by atoms with van der Waals surface area (Å²) in [5.41, 5.74) is 0.130. The van der Waals surface area contributed by atoms with E-state index in [0.29, 0.717) is 5.75 Å². The maximum absolute atomic E-state index is 13.7. The lowest BCUT2D eigenvalue weighted by Gasteiger charge is -2.33. The van der Waals surface area contributed by atoms with Crippen molar-refractivity contribution in [1.82, 2.24) is 9.79 Å². The van der Waals surface area contributed by atoms with E-state index in [-0.39, 0.29) is 24.0 Å². The van der Waals surface area contributed by atoms with Gasteiger partial charge in [0.15, 0.2) is 0 Å². The molecule has 210 valence electrons. The van der Waals surface area contributed by atoms with Gasteiger partial charge in [0.1, 0.15) is 11.4 Å². The summed E-state index contributed by atoms with van der Waals surface area (Å²) in [5, 5.41) is 14.1. The maximum Gasteiger partial charge on any atom is 0.407 e. The predicted molar refractivity (Wildman–Crippen MR) is 144 cm³/mol. The fraction of sp³-hybridized carbons (Fsp3) is 0.536. The van der Waals surface area contributed by atoms with Crippen molar-refractivity contribution in [3.63, 3.8) is 0 Å². The van der Waals surface area contributed by atoms with Gasteiger partial charge in [-0.2, -0.15) is 0 Å². The molecule has 38 heavy (non-hydrogen) atoms. The summed E-state index contributed by atoms with van der Waals surface area (Å²) in [7, 11) is -2.63. The molecule has 1 fully saturated rings. The highest BCUT2D eigenvalue weighted by Gasteiger charge is 2.34. The third kappa shape index (κ3) is 8.97. The fourth-order valence-electron chi connectivity index (χ4n) is 4.29. The van der Waals surface area contributed by atoms with E-state index in [1.54, 1.807) is 32.9 Å². The van der Waals surface area contributed by atoms with Gasteiger partial charge in [-0.15, -0.1) is 0 Å². The van der Waals surface area contributed by atoms with Crippen LogP contribution in [0, 0.1) is 0 Å². The monoisotopic (exact) mass is 548 g/mol. The zero-order valence-electron chi connectivity index (χ0n) is 22.6. The number of amides is 1. The molecule has 0 spiro atoms. The number of aliphatic hydroxyl groups is 1. The molecule has 1 saturated carbocycles. The molecule has 0 aliphatic heterocycles. The Labute approximate surface area is 226 Å². The van der Waals surface area contributed by atoms with Crippen LogP contribution in [-0.2, 0) is 26.0 Å². The van der Waals surface area contributed by atoms with Gasteiger partial charge in [-0.05, 0) is 69.9 Å². The first-order valence-corrected chi connectivity index (χ1v) is 14.5. The molecular formula is C28H40N2O7S. The summed E-state index contributed by atoms with van der Waals surface area (Å²) < 4.78 is 38.8. The van der Waals surface area contributed by atoms with Crippen LogP contribution < -0.4 is 10.1 Å². The normalized spacial score (nSPS) is 16.6. The van der Waals surface area contributed by atoms with Crippen molar-refractivity contribution in [3.05, 3.63) is 60.2 Å². The molecular weight excluding hydrogens is 508 g/mol. The van der Waals surface area contributed by atoms with Crippen LogP contribution in [-0.4, -0.2) is 61.6 Å². The van der Waals surface area contributed by atoms with Crippen molar-refractivity contribution in [3.8, 4) is 5.75 Å². The first-order chi connectivity index (χ1) is 18.0. The number of methoxy groups -OCH3 is 1. The predicted octanol–water partition coefficient (Wildman–Crippen LogP) is 4.45. The van der Waals surface area contributed by atoms with E-state index in [0.717, 1.165) is 42.1 Å². The molecule has 2 atom stereocenters. The summed E-state index contributed by atoms with van der Waals surface area (Å²) in [4.78, 5) is 18.7. The quantitative estimate of drug-likeness (QED) is 0.399. The summed E-state index contributed by atoms with van der Waals surface area (Å²) in [6.45, 7) is 4.86. The van der Waals surface area contributed by atoms with Crippen molar-refractivity contribution in [2.24, 2.45) is 0 Å². The highest BCUT2D eigenvalue weighted by Crippen LogP contribution is 2.26. The summed E-state index contributed by atoms with van der Waals surface area (Å²) in [5.74, 6) is 0.521. The van der Waals surface area contributed by atoms with Crippen LogP contribution in [0.1, 0.15) is 58.4 Å². The SMILES string of the molecule is COc1ccc(S(=O)(=O)N(C[C@H](O)[C@H](Cc2ccccc2)NC(=O)OC(C)(C)C)OC2CCCCC2)cc1. The van der Waals surface area contributed by atoms with Gasteiger partial charge in [0.05, 0.1) is 36.8 Å². The average molecular weight is 549 g/mol. The van der Waals surface area contributed by atoms with Crippen LogP contribution in [0.15, 0.2) is 59.5 Å². The van der Waals surface area contributed by atoms with Gasteiger partial charge in [-0.1, -0.05) is 54.1 Å². The standard InChI is InChI=1S/C28H40N2O7S/c1-28(2,3)36-27(32)29-25(19-21-11-7-5-8-12-21)26(31)20-30(37-23-13-9-6-10-14-23)38(33,34)24-17-15-22(35-4)16-18-24/h5,7-8,11-12,15-18,23,25-26,31H,6,9-10,13-14,19-20H2,1-4H3,(H,29,32)/t25-,26-/m0/s1. The number of alkyl carbamates (subject to hydrolysis) is 1. The van der Waals surface area contributed by atoms with Crippen molar-refractivity contribution >= 4 is 16.1 Å². The minimum atomic E-state index is -4.13. The number of ether oxygens (including phenoxy) is 2. The van der Waals surface area contributed by atoms with Gasteiger partial charge in [0, 0.05) is 0 Å². The summed E-state index contributed by atoms with van der Waals surface area (Å²) >= 11 is 0. The lowest BCUT2D eigenvalue weighted by atomic mass is 9.98. The number of sulfonamides is 1. The number of hydrogen-bond donors (Lipinski definition) is 2. The minimum Gasteiger partial charge on any atom is -0.497 e. The molecule has 0 bridgehead atoms. The van der Waals surface area contributed by atoms with Gasteiger partial charge >= 0.3 is 6.09 Å². The number of benzene rings is 2. The lowest BCUT2D eigenvalue weighted by molar-refractivity contribution is -0.156. The first kappa shape index (κ1) is 29.9.